The predicted molar refractivity (Wildman–Crippen MR) is 113 cm³/mol. The van der Waals surface area contributed by atoms with E-state index in [0.717, 1.165) is 19.5 Å². The van der Waals surface area contributed by atoms with Crippen LogP contribution in [0.15, 0.2) is 53.5 Å². The molecule has 2 fully saturated rings. The Morgan fingerprint density at radius 1 is 1.13 bits per heavy atom. The Morgan fingerprint density at radius 2 is 1.87 bits per heavy atom. The SMILES string of the molecule is O=C(O)c1cn(C2CC2c2ccccc2)c2cc(N3CCNCC3)c(F)cc2c1=O. The fourth-order valence-electron chi connectivity index (χ4n) is 4.48. The van der Waals surface area contributed by atoms with E-state index >= 15 is 0 Å². The number of halogens is 1. The van der Waals surface area contributed by atoms with Gasteiger partial charge in [0.15, 0.2) is 0 Å². The fraction of sp³-hybridized carbons (Fsp3) is 0.304. The normalized spacial score (nSPS) is 21.0. The Bertz CT molecular complexity index is 1190. The molecule has 2 heterocycles. The number of anilines is 1. The zero-order valence-electron chi connectivity index (χ0n) is 16.3. The summed E-state index contributed by atoms with van der Waals surface area (Å²) in [7, 11) is 0. The highest BCUT2D eigenvalue weighted by molar-refractivity contribution is 5.93. The van der Waals surface area contributed by atoms with Crippen molar-refractivity contribution in [2.75, 3.05) is 31.1 Å². The van der Waals surface area contributed by atoms with Crippen molar-refractivity contribution >= 4 is 22.6 Å². The summed E-state index contributed by atoms with van der Waals surface area (Å²) in [5, 5.41) is 12.9. The van der Waals surface area contributed by atoms with Crippen molar-refractivity contribution in [1.29, 1.82) is 0 Å². The topological polar surface area (TPSA) is 74.6 Å². The van der Waals surface area contributed by atoms with Crippen LogP contribution in [0.25, 0.3) is 10.9 Å². The molecule has 2 unspecified atom stereocenters. The summed E-state index contributed by atoms with van der Waals surface area (Å²) in [5.41, 5.74) is 1.25. The van der Waals surface area contributed by atoms with Crippen LogP contribution in [0.1, 0.15) is 34.3 Å². The van der Waals surface area contributed by atoms with Crippen LogP contribution in [0.4, 0.5) is 10.1 Å². The average molecular weight is 407 g/mol. The van der Waals surface area contributed by atoms with E-state index in [9.17, 15) is 19.1 Å². The zero-order valence-corrected chi connectivity index (χ0v) is 16.3. The van der Waals surface area contributed by atoms with Crippen molar-refractivity contribution < 1.29 is 14.3 Å². The largest absolute Gasteiger partial charge is 0.477 e. The van der Waals surface area contributed by atoms with E-state index in [1.54, 1.807) is 6.07 Å². The maximum atomic E-state index is 14.9. The van der Waals surface area contributed by atoms with E-state index in [4.69, 9.17) is 0 Å². The number of aromatic carboxylic acids is 1. The van der Waals surface area contributed by atoms with Crippen LogP contribution in [0.5, 0.6) is 0 Å². The van der Waals surface area contributed by atoms with E-state index in [-0.39, 0.29) is 22.9 Å². The van der Waals surface area contributed by atoms with E-state index in [2.05, 4.69) is 17.4 Å². The second kappa shape index (κ2) is 7.25. The molecule has 6 nitrogen and oxygen atoms in total. The van der Waals surface area contributed by atoms with Crippen molar-refractivity contribution in [1.82, 2.24) is 9.88 Å². The van der Waals surface area contributed by atoms with E-state index in [0.29, 0.717) is 24.3 Å². The molecule has 1 saturated heterocycles. The molecule has 2 aromatic carbocycles. The minimum absolute atomic E-state index is 0.0370. The number of aromatic nitrogens is 1. The first kappa shape index (κ1) is 18.8. The quantitative estimate of drug-likeness (QED) is 0.696. The summed E-state index contributed by atoms with van der Waals surface area (Å²) in [6, 6.07) is 13.0. The van der Waals surface area contributed by atoms with Crippen LogP contribution in [0, 0.1) is 5.82 Å². The number of rotatable bonds is 4. The molecule has 1 saturated carbocycles. The monoisotopic (exact) mass is 407 g/mol. The Kier molecular flexibility index (Phi) is 4.55. The van der Waals surface area contributed by atoms with Gasteiger partial charge in [-0.2, -0.15) is 0 Å². The lowest BCUT2D eigenvalue weighted by atomic mass is 10.1. The van der Waals surface area contributed by atoms with Crippen molar-refractivity contribution in [2.24, 2.45) is 0 Å². The number of nitrogens with one attached hydrogen (secondary N) is 1. The number of nitrogens with zero attached hydrogens (tertiary/aromatic N) is 2. The Balaban J connectivity index is 1.67. The van der Waals surface area contributed by atoms with Gasteiger partial charge in [0.05, 0.1) is 11.2 Å². The summed E-state index contributed by atoms with van der Waals surface area (Å²) in [6.07, 6.45) is 2.28. The van der Waals surface area contributed by atoms with Crippen LogP contribution in [-0.4, -0.2) is 41.8 Å². The van der Waals surface area contributed by atoms with E-state index in [1.807, 2.05) is 27.7 Å². The first-order valence-electron chi connectivity index (χ1n) is 10.2. The summed E-state index contributed by atoms with van der Waals surface area (Å²) in [4.78, 5) is 26.4. The van der Waals surface area contributed by atoms with Crippen molar-refractivity contribution in [3.8, 4) is 0 Å². The van der Waals surface area contributed by atoms with Crippen LogP contribution >= 0.6 is 0 Å². The summed E-state index contributed by atoms with van der Waals surface area (Å²) in [6.45, 7) is 2.88. The van der Waals surface area contributed by atoms with Gasteiger partial charge < -0.3 is 19.9 Å². The van der Waals surface area contributed by atoms with Gasteiger partial charge in [-0.3, -0.25) is 4.79 Å². The molecule has 3 aromatic rings. The van der Waals surface area contributed by atoms with Crippen molar-refractivity contribution in [2.45, 2.75) is 18.4 Å². The van der Waals surface area contributed by atoms with Gasteiger partial charge in [-0.05, 0) is 24.1 Å². The number of piperazine rings is 1. The number of carbonyl (C=O) groups is 1. The molecule has 2 atom stereocenters. The standard InChI is InChI=1S/C23H22FN3O3/c24-18-10-16-20(12-21(18)26-8-6-25-7-9-26)27(13-17(22(16)28)23(29)30)19-11-15(19)14-4-2-1-3-5-14/h1-5,10,12-13,15,19,25H,6-9,11H2,(H,29,30). The van der Waals surface area contributed by atoms with E-state index in [1.165, 1.54) is 17.8 Å². The van der Waals surface area contributed by atoms with Gasteiger partial charge in [-0.1, -0.05) is 30.3 Å². The maximum Gasteiger partial charge on any atom is 0.341 e. The molecule has 1 aliphatic heterocycles. The molecule has 1 aromatic heterocycles. The first-order valence-corrected chi connectivity index (χ1v) is 10.2. The number of hydrogen-bond acceptors (Lipinski definition) is 4. The number of pyridine rings is 1. The smallest absolute Gasteiger partial charge is 0.341 e. The molecule has 30 heavy (non-hydrogen) atoms. The summed E-state index contributed by atoms with van der Waals surface area (Å²) >= 11 is 0. The van der Waals surface area contributed by atoms with Crippen LogP contribution in [0.3, 0.4) is 0 Å². The lowest BCUT2D eigenvalue weighted by Gasteiger charge is -2.30. The number of hydrogen-bond donors (Lipinski definition) is 2. The van der Waals surface area contributed by atoms with E-state index < -0.39 is 17.2 Å². The molecule has 0 spiro atoms. The number of carboxylic acid groups (broad SMARTS) is 1. The summed E-state index contributed by atoms with van der Waals surface area (Å²) < 4.78 is 16.8. The lowest BCUT2D eigenvalue weighted by Crippen LogP contribution is -2.43. The molecule has 1 aliphatic carbocycles. The van der Waals surface area contributed by atoms with Crippen molar-refractivity contribution in [3.05, 3.63) is 75.8 Å². The second-order valence-corrected chi connectivity index (χ2v) is 7.96. The molecule has 2 aliphatic rings. The predicted octanol–water partition coefficient (Wildman–Crippen LogP) is 2.98. The molecule has 2 N–H and O–H groups in total. The maximum absolute atomic E-state index is 14.9. The minimum atomic E-state index is -1.29. The van der Waals surface area contributed by atoms with Gasteiger partial charge in [-0.15, -0.1) is 0 Å². The molecule has 7 heteroatoms. The van der Waals surface area contributed by atoms with Gasteiger partial charge in [-0.25, -0.2) is 9.18 Å². The highest BCUT2D eigenvalue weighted by Crippen LogP contribution is 2.52. The second-order valence-electron chi connectivity index (χ2n) is 7.96. The van der Waals surface area contributed by atoms with Gasteiger partial charge in [0.25, 0.3) is 0 Å². The third kappa shape index (κ3) is 3.15. The zero-order chi connectivity index (χ0) is 20.8. The van der Waals surface area contributed by atoms with Gasteiger partial charge >= 0.3 is 5.97 Å². The lowest BCUT2D eigenvalue weighted by molar-refractivity contribution is 0.0695. The van der Waals surface area contributed by atoms with Gasteiger partial charge in [0.2, 0.25) is 5.43 Å². The Morgan fingerprint density at radius 3 is 2.57 bits per heavy atom. The highest BCUT2D eigenvalue weighted by Gasteiger charge is 2.40. The van der Waals surface area contributed by atoms with Crippen LogP contribution in [0.2, 0.25) is 0 Å². The molecule has 154 valence electrons. The number of benzene rings is 2. The average Bonchev–Trinajstić information content (AvgIpc) is 3.56. The molecule has 0 amide bonds. The molecule has 0 bridgehead atoms. The van der Waals surface area contributed by atoms with Crippen LogP contribution in [-0.2, 0) is 0 Å². The third-order valence-corrected chi connectivity index (χ3v) is 6.13. The molecular weight excluding hydrogens is 385 g/mol. The minimum Gasteiger partial charge on any atom is -0.477 e. The van der Waals surface area contributed by atoms with Gasteiger partial charge in [0.1, 0.15) is 11.4 Å². The molecule has 0 radical (unpaired) electrons. The van der Waals surface area contributed by atoms with Crippen LogP contribution < -0.4 is 15.6 Å². The Hall–Kier alpha value is -3.19. The fourth-order valence-corrected chi connectivity index (χ4v) is 4.48. The number of carboxylic acids is 1. The molecule has 5 rings (SSSR count). The summed E-state index contributed by atoms with van der Waals surface area (Å²) in [5.74, 6) is -1.55. The van der Waals surface area contributed by atoms with Gasteiger partial charge in [0, 0.05) is 49.7 Å². The first-order chi connectivity index (χ1) is 14.5. The Labute approximate surface area is 172 Å². The highest BCUT2D eigenvalue weighted by atomic mass is 19.1. The number of fused-ring (bicyclic) bond motifs is 1. The molecular formula is C23H22FN3O3. The third-order valence-electron chi connectivity index (χ3n) is 6.13. The van der Waals surface area contributed by atoms with Crippen molar-refractivity contribution in [3.63, 3.8) is 0 Å².